The highest BCUT2D eigenvalue weighted by molar-refractivity contribution is 7.13. The van der Waals surface area contributed by atoms with E-state index in [0.29, 0.717) is 18.8 Å². The van der Waals surface area contributed by atoms with Gasteiger partial charge in [-0.3, -0.25) is 4.79 Å². The van der Waals surface area contributed by atoms with Gasteiger partial charge < -0.3 is 10.0 Å². The monoisotopic (exact) mass is 316 g/mol. The maximum absolute atomic E-state index is 12.5. The molecule has 0 bridgehead atoms. The minimum atomic E-state index is -0.365. The molecule has 1 N–H and O–H groups in total. The summed E-state index contributed by atoms with van der Waals surface area (Å²) in [4.78, 5) is 18.9. The number of amides is 1. The highest BCUT2D eigenvalue weighted by atomic mass is 32.1. The molecule has 1 fully saturated rings. The van der Waals surface area contributed by atoms with Crippen LogP contribution in [0.15, 0.2) is 29.6 Å². The van der Waals surface area contributed by atoms with Crippen LogP contribution in [0.3, 0.4) is 0 Å². The molecule has 0 radical (unpaired) electrons. The number of aromatic nitrogens is 1. The third-order valence-electron chi connectivity index (χ3n) is 4.29. The van der Waals surface area contributed by atoms with Crippen molar-refractivity contribution in [1.29, 1.82) is 0 Å². The second-order valence-corrected chi connectivity index (χ2v) is 6.75. The number of rotatable bonds is 3. The molecule has 5 heteroatoms. The van der Waals surface area contributed by atoms with Crippen LogP contribution in [0.25, 0.3) is 10.6 Å². The van der Waals surface area contributed by atoms with Gasteiger partial charge in [0.2, 0.25) is 0 Å². The predicted octanol–water partition coefficient (Wildman–Crippen LogP) is 2.96. The Morgan fingerprint density at radius 2 is 2.23 bits per heavy atom. The van der Waals surface area contributed by atoms with Crippen molar-refractivity contribution in [1.82, 2.24) is 9.88 Å². The summed E-state index contributed by atoms with van der Waals surface area (Å²) in [7, 11) is 0. The van der Waals surface area contributed by atoms with Crippen LogP contribution in [-0.4, -0.2) is 40.1 Å². The summed E-state index contributed by atoms with van der Waals surface area (Å²) in [5.41, 5.74) is 2.75. The van der Waals surface area contributed by atoms with Crippen LogP contribution in [0.2, 0.25) is 0 Å². The van der Waals surface area contributed by atoms with E-state index in [1.54, 1.807) is 11.8 Å². The Labute approximate surface area is 134 Å². The average molecular weight is 316 g/mol. The van der Waals surface area contributed by atoms with Crippen LogP contribution < -0.4 is 0 Å². The van der Waals surface area contributed by atoms with Crippen molar-refractivity contribution >= 4 is 17.2 Å². The molecule has 3 rings (SSSR count). The van der Waals surface area contributed by atoms with E-state index in [1.165, 1.54) is 11.3 Å². The summed E-state index contributed by atoms with van der Waals surface area (Å²) in [6, 6.07) is 8.06. The van der Waals surface area contributed by atoms with Crippen molar-refractivity contribution in [2.75, 3.05) is 13.1 Å². The zero-order chi connectivity index (χ0) is 15.7. The number of carbonyl (C=O) groups excluding carboxylic acids is 1. The Kier molecular flexibility index (Phi) is 4.27. The lowest BCUT2D eigenvalue weighted by Gasteiger charge is -2.16. The molecule has 4 nitrogen and oxygen atoms in total. The predicted molar refractivity (Wildman–Crippen MR) is 88.0 cm³/mol. The minimum Gasteiger partial charge on any atom is -0.393 e. The summed E-state index contributed by atoms with van der Waals surface area (Å²) in [5, 5.41) is 12.4. The third kappa shape index (κ3) is 2.91. The van der Waals surface area contributed by atoms with Gasteiger partial charge >= 0.3 is 0 Å². The maximum atomic E-state index is 12.5. The molecule has 1 aromatic carbocycles. The number of likely N-dealkylation sites (tertiary alicyclic amines) is 1. The first-order valence-corrected chi connectivity index (χ1v) is 8.43. The van der Waals surface area contributed by atoms with Crippen molar-refractivity contribution in [2.24, 2.45) is 5.92 Å². The second-order valence-electron chi connectivity index (χ2n) is 5.89. The van der Waals surface area contributed by atoms with Gasteiger partial charge in [-0.1, -0.05) is 24.3 Å². The first kappa shape index (κ1) is 15.2. The number of hydrogen-bond acceptors (Lipinski definition) is 4. The zero-order valence-electron chi connectivity index (χ0n) is 12.8. The number of carbonyl (C=O) groups is 1. The molecular formula is C17H20N2O2S. The molecule has 116 valence electrons. The molecule has 2 heterocycles. The smallest absolute Gasteiger partial charge is 0.273 e. The number of thiazole rings is 1. The molecule has 2 unspecified atom stereocenters. The van der Waals surface area contributed by atoms with Crippen molar-refractivity contribution < 1.29 is 9.90 Å². The van der Waals surface area contributed by atoms with E-state index < -0.39 is 0 Å². The van der Waals surface area contributed by atoms with Crippen molar-refractivity contribution in [2.45, 2.75) is 26.4 Å². The molecule has 1 saturated heterocycles. The normalized spacial score (nSPS) is 19.4. The van der Waals surface area contributed by atoms with E-state index in [2.05, 4.69) is 4.98 Å². The van der Waals surface area contributed by atoms with Crippen LogP contribution >= 0.6 is 11.3 Å². The average Bonchev–Trinajstić information content (AvgIpc) is 3.17. The van der Waals surface area contributed by atoms with E-state index in [-0.39, 0.29) is 17.9 Å². The number of nitrogens with zero attached hydrogens (tertiary/aromatic N) is 2. The largest absolute Gasteiger partial charge is 0.393 e. The first-order chi connectivity index (χ1) is 10.6. The van der Waals surface area contributed by atoms with E-state index in [4.69, 9.17) is 0 Å². The van der Waals surface area contributed by atoms with Crippen molar-refractivity contribution in [3.8, 4) is 10.6 Å². The highest BCUT2D eigenvalue weighted by Crippen LogP contribution is 2.28. The van der Waals surface area contributed by atoms with Crippen LogP contribution in [0.5, 0.6) is 0 Å². The number of aliphatic hydroxyl groups excluding tert-OH is 1. The van der Waals surface area contributed by atoms with Gasteiger partial charge in [-0.05, 0) is 25.8 Å². The quantitative estimate of drug-likeness (QED) is 0.947. The van der Waals surface area contributed by atoms with Crippen LogP contribution in [0.4, 0.5) is 0 Å². The number of aliphatic hydroxyl groups is 1. The van der Waals surface area contributed by atoms with Gasteiger partial charge in [0.15, 0.2) is 0 Å². The van der Waals surface area contributed by atoms with Gasteiger partial charge in [-0.15, -0.1) is 11.3 Å². The van der Waals surface area contributed by atoms with E-state index in [0.717, 1.165) is 22.6 Å². The Morgan fingerprint density at radius 1 is 1.45 bits per heavy atom. The number of aryl methyl sites for hydroxylation is 1. The first-order valence-electron chi connectivity index (χ1n) is 7.55. The molecule has 1 amide bonds. The van der Waals surface area contributed by atoms with Crippen molar-refractivity contribution in [3.63, 3.8) is 0 Å². The van der Waals surface area contributed by atoms with Crippen molar-refractivity contribution in [3.05, 3.63) is 40.9 Å². The molecule has 1 aliphatic rings. The Balaban J connectivity index is 1.77. The minimum absolute atomic E-state index is 0.0285. The standard InChI is InChI=1S/C17H20N2O2S/c1-11-5-3-4-6-14(11)16-18-15(10-22-16)17(21)19-8-7-13(9-19)12(2)20/h3-6,10,12-13,20H,7-9H2,1-2H3. The Morgan fingerprint density at radius 3 is 2.91 bits per heavy atom. The lowest BCUT2D eigenvalue weighted by Crippen LogP contribution is -2.30. The Hall–Kier alpha value is -1.72. The van der Waals surface area contributed by atoms with Crippen LogP contribution in [0, 0.1) is 12.8 Å². The highest BCUT2D eigenvalue weighted by Gasteiger charge is 2.30. The molecule has 1 aromatic heterocycles. The number of hydrogen-bond donors (Lipinski definition) is 1. The topological polar surface area (TPSA) is 53.4 Å². The van der Waals surface area contributed by atoms with E-state index in [9.17, 15) is 9.90 Å². The molecule has 0 saturated carbocycles. The fourth-order valence-electron chi connectivity index (χ4n) is 2.84. The zero-order valence-corrected chi connectivity index (χ0v) is 13.6. The van der Waals surface area contributed by atoms with Gasteiger partial charge in [-0.2, -0.15) is 0 Å². The summed E-state index contributed by atoms with van der Waals surface area (Å²) in [5.74, 6) is 0.151. The summed E-state index contributed by atoms with van der Waals surface area (Å²) < 4.78 is 0. The molecule has 22 heavy (non-hydrogen) atoms. The summed E-state index contributed by atoms with van der Waals surface area (Å²) in [6.45, 7) is 5.16. The fraction of sp³-hybridized carbons (Fsp3) is 0.412. The van der Waals surface area contributed by atoms with E-state index >= 15 is 0 Å². The lowest BCUT2D eigenvalue weighted by atomic mass is 10.0. The fourth-order valence-corrected chi connectivity index (χ4v) is 3.72. The van der Waals surface area contributed by atoms with E-state index in [1.807, 2.05) is 36.6 Å². The van der Waals surface area contributed by atoms with Gasteiger partial charge in [0, 0.05) is 30.0 Å². The lowest BCUT2D eigenvalue weighted by molar-refractivity contribution is 0.0757. The molecule has 2 atom stereocenters. The molecule has 1 aliphatic heterocycles. The SMILES string of the molecule is Cc1ccccc1-c1nc(C(=O)N2CCC(C(C)O)C2)cs1. The van der Waals surface area contributed by atoms with Crippen LogP contribution in [0.1, 0.15) is 29.4 Å². The summed E-state index contributed by atoms with van der Waals surface area (Å²) >= 11 is 1.50. The van der Waals surface area contributed by atoms with Gasteiger partial charge in [0.25, 0.3) is 5.91 Å². The van der Waals surface area contributed by atoms with Gasteiger partial charge in [0.05, 0.1) is 6.10 Å². The third-order valence-corrected chi connectivity index (χ3v) is 5.17. The van der Waals surface area contributed by atoms with Gasteiger partial charge in [0.1, 0.15) is 10.7 Å². The Bertz CT molecular complexity index is 681. The summed E-state index contributed by atoms with van der Waals surface area (Å²) in [6.07, 6.45) is 0.494. The molecule has 0 spiro atoms. The maximum Gasteiger partial charge on any atom is 0.273 e. The number of benzene rings is 1. The molecule has 0 aliphatic carbocycles. The second kappa shape index (κ2) is 6.18. The van der Waals surface area contributed by atoms with Crippen LogP contribution in [-0.2, 0) is 0 Å². The van der Waals surface area contributed by atoms with Gasteiger partial charge in [-0.25, -0.2) is 4.98 Å². The molecule has 2 aromatic rings. The molecular weight excluding hydrogens is 296 g/mol.